The second kappa shape index (κ2) is 11.7. The van der Waals surface area contributed by atoms with Gasteiger partial charge in [-0.05, 0) is 67.9 Å². The number of amides is 2. The van der Waals surface area contributed by atoms with Crippen molar-refractivity contribution >= 4 is 35.3 Å². The van der Waals surface area contributed by atoms with Crippen molar-refractivity contribution < 1.29 is 19.1 Å². The van der Waals surface area contributed by atoms with Gasteiger partial charge in [0.2, 0.25) is 0 Å². The number of rotatable bonds is 9. The van der Waals surface area contributed by atoms with E-state index >= 15 is 0 Å². The first-order valence-corrected chi connectivity index (χ1v) is 10.7. The summed E-state index contributed by atoms with van der Waals surface area (Å²) in [5, 5.41) is 7.23. The van der Waals surface area contributed by atoms with Crippen LogP contribution in [0.1, 0.15) is 28.4 Å². The molecule has 8 heteroatoms. The van der Waals surface area contributed by atoms with E-state index in [4.69, 9.17) is 21.1 Å². The first-order chi connectivity index (χ1) is 15.9. The molecule has 0 radical (unpaired) electrons. The maximum absolute atomic E-state index is 12.2. The number of anilines is 1. The van der Waals surface area contributed by atoms with E-state index in [0.29, 0.717) is 39.9 Å². The highest BCUT2D eigenvalue weighted by molar-refractivity contribution is 6.30. The van der Waals surface area contributed by atoms with Gasteiger partial charge >= 0.3 is 0 Å². The lowest BCUT2D eigenvalue weighted by molar-refractivity contribution is -0.118. The fourth-order valence-electron chi connectivity index (χ4n) is 2.83. The third-order valence-corrected chi connectivity index (χ3v) is 4.66. The number of nitrogens with zero attached hydrogens (tertiary/aromatic N) is 1. The number of benzene rings is 3. The number of halogens is 1. The van der Waals surface area contributed by atoms with Gasteiger partial charge in [-0.1, -0.05) is 35.4 Å². The maximum atomic E-state index is 12.2. The number of carbonyl (C=O) groups is 2. The van der Waals surface area contributed by atoms with E-state index in [1.54, 1.807) is 42.5 Å². The van der Waals surface area contributed by atoms with Gasteiger partial charge in [-0.2, -0.15) is 5.10 Å². The third kappa shape index (κ3) is 7.36. The summed E-state index contributed by atoms with van der Waals surface area (Å²) in [6.45, 7) is 4.07. The Morgan fingerprint density at radius 3 is 2.52 bits per heavy atom. The van der Waals surface area contributed by atoms with Gasteiger partial charge in [0, 0.05) is 16.3 Å². The Morgan fingerprint density at radius 2 is 1.79 bits per heavy atom. The molecule has 0 saturated heterocycles. The van der Waals surface area contributed by atoms with E-state index < -0.39 is 0 Å². The molecule has 2 amide bonds. The average Bonchev–Trinajstić information content (AvgIpc) is 2.80. The van der Waals surface area contributed by atoms with Crippen LogP contribution in [0.2, 0.25) is 5.02 Å². The molecule has 0 spiro atoms. The molecule has 0 saturated carbocycles. The zero-order valence-electron chi connectivity index (χ0n) is 18.3. The van der Waals surface area contributed by atoms with E-state index in [-0.39, 0.29) is 18.4 Å². The molecule has 3 rings (SSSR count). The van der Waals surface area contributed by atoms with Gasteiger partial charge in [0.05, 0.1) is 12.8 Å². The number of nitrogens with one attached hydrogen (secondary N) is 2. The molecule has 33 heavy (non-hydrogen) atoms. The summed E-state index contributed by atoms with van der Waals surface area (Å²) in [5.74, 6) is 0.232. The van der Waals surface area contributed by atoms with E-state index in [1.807, 2.05) is 38.1 Å². The van der Waals surface area contributed by atoms with Gasteiger partial charge in [-0.15, -0.1) is 0 Å². The minimum Gasteiger partial charge on any atom is -0.490 e. The number of hydrogen-bond donors (Lipinski definition) is 2. The second-order valence-electron chi connectivity index (χ2n) is 7.05. The molecule has 0 heterocycles. The van der Waals surface area contributed by atoms with Crippen molar-refractivity contribution in [3.8, 4) is 11.5 Å². The summed E-state index contributed by atoms with van der Waals surface area (Å²) < 4.78 is 11.3. The highest BCUT2D eigenvalue weighted by atomic mass is 35.5. The first kappa shape index (κ1) is 23.8. The molecule has 0 unspecified atom stereocenters. The fourth-order valence-corrected chi connectivity index (χ4v) is 3.02. The highest BCUT2D eigenvalue weighted by Gasteiger charge is 2.10. The lowest BCUT2D eigenvalue weighted by atomic mass is 10.2. The summed E-state index contributed by atoms with van der Waals surface area (Å²) >= 11 is 5.90. The quantitative estimate of drug-likeness (QED) is 0.350. The van der Waals surface area contributed by atoms with E-state index in [1.165, 1.54) is 6.21 Å². The van der Waals surface area contributed by atoms with Crippen LogP contribution in [0.3, 0.4) is 0 Å². The standard InChI is InChI=1S/C25H24ClN3O4/c1-3-32-23-13-18(15-27-29-25(31)19-5-4-6-20(26)14-19)9-12-22(23)33-16-24(30)28-21-10-7-17(2)8-11-21/h4-15H,3,16H2,1-2H3,(H,28,30)(H,29,31)/b27-15+. The minimum absolute atomic E-state index is 0.170. The molecule has 0 aliphatic rings. The number of ether oxygens (including phenoxy) is 2. The van der Waals surface area contributed by atoms with Gasteiger partial charge in [0.1, 0.15) is 0 Å². The van der Waals surface area contributed by atoms with Crippen molar-refractivity contribution in [2.75, 3.05) is 18.5 Å². The molecule has 0 aliphatic heterocycles. The summed E-state index contributed by atoms with van der Waals surface area (Å²) in [4.78, 5) is 24.3. The Balaban J connectivity index is 1.59. The zero-order valence-corrected chi connectivity index (χ0v) is 19.1. The summed E-state index contributed by atoms with van der Waals surface area (Å²) in [7, 11) is 0. The lowest BCUT2D eigenvalue weighted by Gasteiger charge is -2.12. The maximum Gasteiger partial charge on any atom is 0.271 e. The summed E-state index contributed by atoms with van der Waals surface area (Å²) in [6.07, 6.45) is 1.48. The van der Waals surface area contributed by atoms with E-state index in [0.717, 1.165) is 5.56 Å². The van der Waals surface area contributed by atoms with Crippen LogP contribution in [-0.4, -0.2) is 31.2 Å². The molecular formula is C25H24ClN3O4. The number of carbonyl (C=O) groups excluding carboxylic acids is 2. The van der Waals surface area contributed by atoms with Crippen LogP contribution in [-0.2, 0) is 4.79 Å². The Bertz CT molecular complexity index is 1150. The van der Waals surface area contributed by atoms with Gasteiger partial charge in [-0.25, -0.2) is 5.43 Å². The SMILES string of the molecule is CCOc1cc(/C=N/NC(=O)c2cccc(Cl)c2)ccc1OCC(=O)Nc1ccc(C)cc1. The molecule has 2 N–H and O–H groups in total. The zero-order chi connectivity index (χ0) is 23.6. The fraction of sp³-hybridized carbons (Fsp3) is 0.160. The lowest BCUT2D eigenvalue weighted by Crippen LogP contribution is -2.20. The molecule has 3 aromatic carbocycles. The van der Waals surface area contributed by atoms with Crippen molar-refractivity contribution in [3.63, 3.8) is 0 Å². The topological polar surface area (TPSA) is 89.0 Å². The van der Waals surface area contributed by atoms with Crippen LogP contribution in [0, 0.1) is 6.92 Å². The monoisotopic (exact) mass is 465 g/mol. The summed E-state index contributed by atoms with van der Waals surface area (Å²) in [5.41, 5.74) is 5.35. The first-order valence-electron chi connectivity index (χ1n) is 10.3. The smallest absolute Gasteiger partial charge is 0.271 e. The van der Waals surface area contributed by atoms with Crippen LogP contribution in [0.25, 0.3) is 0 Å². The highest BCUT2D eigenvalue weighted by Crippen LogP contribution is 2.28. The summed E-state index contributed by atoms with van der Waals surface area (Å²) in [6, 6.07) is 19.2. The van der Waals surface area contributed by atoms with Crippen LogP contribution < -0.4 is 20.2 Å². The van der Waals surface area contributed by atoms with Crippen molar-refractivity contribution in [1.29, 1.82) is 0 Å². The van der Waals surface area contributed by atoms with Gasteiger partial charge in [0.15, 0.2) is 18.1 Å². The molecular weight excluding hydrogens is 442 g/mol. The van der Waals surface area contributed by atoms with Gasteiger partial charge in [0.25, 0.3) is 11.8 Å². The van der Waals surface area contributed by atoms with Crippen LogP contribution in [0.15, 0.2) is 71.8 Å². The molecule has 170 valence electrons. The second-order valence-corrected chi connectivity index (χ2v) is 7.49. The molecule has 0 bridgehead atoms. The minimum atomic E-state index is -0.377. The predicted molar refractivity (Wildman–Crippen MR) is 129 cm³/mol. The van der Waals surface area contributed by atoms with Crippen LogP contribution >= 0.6 is 11.6 Å². The molecule has 7 nitrogen and oxygen atoms in total. The Hall–Kier alpha value is -3.84. The molecule has 0 aliphatic carbocycles. The third-order valence-electron chi connectivity index (χ3n) is 4.43. The Kier molecular flexibility index (Phi) is 8.43. The van der Waals surface area contributed by atoms with Gasteiger partial charge < -0.3 is 14.8 Å². The van der Waals surface area contributed by atoms with Crippen molar-refractivity contribution in [2.45, 2.75) is 13.8 Å². The predicted octanol–water partition coefficient (Wildman–Crippen LogP) is 4.83. The van der Waals surface area contributed by atoms with E-state index in [9.17, 15) is 9.59 Å². The number of aryl methyl sites for hydroxylation is 1. The normalized spacial score (nSPS) is 10.6. The van der Waals surface area contributed by atoms with Crippen molar-refractivity contribution in [3.05, 3.63) is 88.4 Å². The largest absolute Gasteiger partial charge is 0.490 e. The molecule has 0 aromatic heterocycles. The van der Waals surface area contributed by atoms with E-state index in [2.05, 4.69) is 15.8 Å². The number of hydrogen-bond acceptors (Lipinski definition) is 5. The number of hydrazone groups is 1. The molecule has 0 atom stereocenters. The molecule has 0 fully saturated rings. The van der Waals surface area contributed by atoms with Crippen molar-refractivity contribution in [1.82, 2.24) is 5.43 Å². The Labute approximate surface area is 197 Å². The average molecular weight is 466 g/mol. The van der Waals surface area contributed by atoms with Crippen molar-refractivity contribution in [2.24, 2.45) is 5.10 Å². The van der Waals surface area contributed by atoms with Crippen LogP contribution in [0.4, 0.5) is 5.69 Å². The van der Waals surface area contributed by atoms with Gasteiger partial charge in [-0.3, -0.25) is 9.59 Å². The molecule has 3 aromatic rings. The van der Waals surface area contributed by atoms with Crippen LogP contribution in [0.5, 0.6) is 11.5 Å². The Morgan fingerprint density at radius 1 is 1.00 bits per heavy atom.